The molecule has 2 rings (SSSR count). The Morgan fingerprint density at radius 2 is 1.69 bits per heavy atom. The molecule has 29 heavy (non-hydrogen) atoms. The first kappa shape index (κ1) is 23.1. The topological polar surface area (TPSA) is 66.5 Å². The first-order valence-electron chi connectivity index (χ1n) is 9.87. The van der Waals surface area contributed by atoms with Gasteiger partial charge in [-0.25, -0.2) is 8.42 Å². The number of aryl methyl sites for hydroxylation is 2. The van der Waals surface area contributed by atoms with Gasteiger partial charge in [-0.3, -0.25) is 4.79 Å². The van der Waals surface area contributed by atoms with E-state index in [4.69, 9.17) is 0 Å². The lowest BCUT2D eigenvalue weighted by molar-refractivity contribution is -0.121. The molecule has 0 saturated heterocycles. The second kappa shape index (κ2) is 9.55. The van der Waals surface area contributed by atoms with Crippen LogP contribution >= 0.6 is 0 Å². The summed E-state index contributed by atoms with van der Waals surface area (Å²) in [6.45, 7) is 10.2. The standard InChI is InChI=1S/C23H32N2O3S/c1-18-11-12-19(2)21(15-18)29(27,28)25(14-13-20-9-7-6-8-10-20)16-22(26)24-17-23(3,4)5/h6-12,15H,13-14,16-17H2,1-5H3,(H,24,26). The number of nitrogens with one attached hydrogen (secondary N) is 1. The molecule has 0 heterocycles. The van der Waals surface area contributed by atoms with E-state index in [1.54, 1.807) is 19.1 Å². The molecule has 158 valence electrons. The molecule has 0 fully saturated rings. The van der Waals surface area contributed by atoms with Crippen molar-refractivity contribution in [2.75, 3.05) is 19.6 Å². The highest BCUT2D eigenvalue weighted by Gasteiger charge is 2.28. The Morgan fingerprint density at radius 3 is 2.31 bits per heavy atom. The van der Waals surface area contributed by atoms with Crippen LogP contribution in [0.3, 0.4) is 0 Å². The van der Waals surface area contributed by atoms with Gasteiger partial charge in [0.05, 0.1) is 11.4 Å². The smallest absolute Gasteiger partial charge is 0.243 e. The van der Waals surface area contributed by atoms with Crippen LogP contribution in [0.2, 0.25) is 0 Å². The normalized spacial score (nSPS) is 12.2. The summed E-state index contributed by atoms with van der Waals surface area (Å²) >= 11 is 0. The number of rotatable bonds is 8. The molecule has 2 aromatic carbocycles. The number of hydrogen-bond acceptors (Lipinski definition) is 3. The van der Waals surface area contributed by atoms with Crippen molar-refractivity contribution < 1.29 is 13.2 Å². The third-order valence-corrected chi connectivity index (χ3v) is 6.58. The Balaban J connectivity index is 2.27. The maximum Gasteiger partial charge on any atom is 0.243 e. The van der Waals surface area contributed by atoms with Crippen molar-refractivity contribution in [3.63, 3.8) is 0 Å². The summed E-state index contributed by atoms with van der Waals surface area (Å²) in [5.41, 5.74) is 2.50. The molecular formula is C23H32N2O3S. The van der Waals surface area contributed by atoms with Gasteiger partial charge >= 0.3 is 0 Å². The Hall–Kier alpha value is -2.18. The van der Waals surface area contributed by atoms with Crippen LogP contribution < -0.4 is 5.32 Å². The van der Waals surface area contributed by atoms with Crippen molar-refractivity contribution in [1.29, 1.82) is 0 Å². The Kier molecular flexibility index (Phi) is 7.60. The largest absolute Gasteiger partial charge is 0.354 e. The number of sulfonamides is 1. The van der Waals surface area contributed by atoms with Crippen LogP contribution in [0.4, 0.5) is 0 Å². The van der Waals surface area contributed by atoms with Gasteiger partial charge in [0.25, 0.3) is 0 Å². The average molecular weight is 417 g/mol. The molecule has 1 N–H and O–H groups in total. The molecule has 0 aliphatic carbocycles. The maximum atomic E-state index is 13.4. The second-order valence-corrected chi connectivity index (χ2v) is 10.6. The van der Waals surface area contributed by atoms with Crippen molar-refractivity contribution in [3.8, 4) is 0 Å². The van der Waals surface area contributed by atoms with Crippen molar-refractivity contribution >= 4 is 15.9 Å². The van der Waals surface area contributed by atoms with E-state index in [-0.39, 0.29) is 29.3 Å². The van der Waals surface area contributed by atoms with Crippen molar-refractivity contribution in [1.82, 2.24) is 9.62 Å². The van der Waals surface area contributed by atoms with Crippen molar-refractivity contribution in [3.05, 3.63) is 65.2 Å². The minimum Gasteiger partial charge on any atom is -0.354 e. The lowest BCUT2D eigenvalue weighted by Crippen LogP contribution is -2.43. The van der Waals surface area contributed by atoms with Gasteiger partial charge in [-0.1, -0.05) is 63.2 Å². The molecular weight excluding hydrogens is 384 g/mol. The van der Waals surface area contributed by atoms with Crippen LogP contribution in [-0.2, 0) is 21.2 Å². The van der Waals surface area contributed by atoms with E-state index in [9.17, 15) is 13.2 Å². The fourth-order valence-electron chi connectivity index (χ4n) is 2.89. The van der Waals surface area contributed by atoms with Crippen molar-refractivity contribution in [2.24, 2.45) is 5.41 Å². The Bertz CT molecular complexity index is 932. The van der Waals surface area contributed by atoms with E-state index in [1.807, 2.05) is 64.1 Å². The predicted octanol–water partition coefficient (Wildman–Crippen LogP) is 3.70. The molecule has 0 unspecified atom stereocenters. The highest BCUT2D eigenvalue weighted by molar-refractivity contribution is 7.89. The molecule has 0 atom stereocenters. The monoisotopic (exact) mass is 416 g/mol. The number of carbonyl (C=O) groups excluding carboxylic acids is 1. The molecule has 0 spiro atoms. The van der Waals surface area contributed by atoms with Crippen LogP contribution in [0, 0.1) is 19.3 Å². The van der Waals surface area contributed by atoms with Crippen molar-refractivity contribution in [2.45, 2.75) is 45.9 Å². The van der Waals surface area contributed by atoms with E-state index >= 15 is 0 Å². The summed E-state index contributed by atoms with van der Waals surface area (Å²) in [5, 5.41) is 2.86. The molecule has 0 saturated carbocycles. The van der Waals surface area contributed by atoms with Gasteiger partial charge in [-0.2, -0.15) is 4.31 Å². The van der Waals surface area contributed by atoms with Gasteiger partial charge in [-0.05, 0) is 48.4 Å². The van der Waals surface area contributed by atoms with E-state index in [0.29, 0.717) is 18.5 Å². The van der Waals surface area contributed by atoms with Gasteiger partial charge in [0.2, 0.25) is 15.9 Å². The van der Waals surface area contributed by atoms with Crippen LogP contribution in [-0.4, -0.2) is 38.3 Å². The summed E-state index contributed by atoms with van der Waals surface area (Å²) in [5.74, 6) is -0.290. The summed E-state index contributed by atoms with van der Waals surface area (Å²) in [7, 11) is -3.80. The summed E-state index contributed by atoms with van der Waals surface area (Å²) < 4.78 is 28.1. The van der Waals surface area contributed by atoms with E-state index in [2.05, 4.69) is 5.32 Å². The predicted molar refractivity (Wildman–Crippen MR) is 117 cm³/mol. The zero-order valence-electron chi connectivity index (χ0n) is 18.0. The summed E-state index contributed by atoms with van der Waals surface area (Å²) in [6.07, 6.45) is 0.539. The SMILES string of the molecule is Cc1ccc(C)c(S(=O)(=O)N(CCc2ccccc2)CC(=O)NCC(C)(C)C)c1. The molecule has 0 aliphatic heterocycles. The summed E-state index contributed by atoms with van der Waals surface area (Å²) in [6, 6.07) is 15.1. The Labute approximate surface area is 175 Å². The Morgan fingerprint density at radius 1 is 1.03 bits per heavy atom. The molecule has 5 nitrogen and oxygen atoms in total. The molecule has 6 heteroatoms. The third-order valence-electron chi connectivity index (χ3n) is 4.59. The van der Waals surface area contributed by atoms with E-state index < -0.39 is 10.0 Å². The fraction of sp³-hybridized carbons (Fsp3) is 0.435. The quantitative estimate of drug-likeness (QED) is 0.714. The van der Waals surface area contributed by atoms with Crippen LogP contribution in [0.5, 0.6) is 0 Å². The average Bonchev–Trinajstić information content (AvgIpc) is 2.65. The minimum absolute atomic E-state index is 0.0729. The van der Waals surface area contributed by atoms with E-state index in [0.717, 1.165) is 11.1 Å². The van der Waals surface area contributed by atoms with Crippen LogP contribution in [0.1, 0.15) is 37.5 Å². The maximum absolute atomic E-state index is 13.4. The molecule has 2 aromatic rings. The minimum atomic E-state index is -3.80. The highest BCUT2D eigenvalue weighted by Crippen LogP contribution is 2.22. The number of nitrogens with zero attached hydrogens (tertiary/aromatic N) is 1. The zero-order valence-corrected chi connectivity index (χ0v) is 18.8. The van der Waals surface area contributed by atoms with Gasteiger partial charge in [0, 0.05) is 13.1 Å². The number of hydrogen-bond donors (Lipinski definition) is 1. The zero-order chi connectivity index (χ0) is 21.7. The van der Waals surface area contributed by atoms with Crippen LogP contribution in [0.25, 0.3) is 0 Å². The molecule has 0 bridgehead atoms. The highest BCUT2D eigenvalue weighted by atomic mass is 32.2. The van der Waals surface area contributed by atoms with E-state index in [1.165, 1.54) is 4.31 Å². The van der Waals surface area contributed by atoms with Gasteiger partial charge < -0.3 is 5.32 Å². The lowest BCUT2D eigenvalue weighted by Gasteiger charge is -2.24. The van der Waals surface area contributed by atoms with Gasteiger partial charge in [-0.15, -0.1) is 0 Å². The first-order valence-corrected chi connectivity index (χ1v) is 11.3. The number of carbonyl (C=O) groups is 1. The first-order chi connectivity index (χ1) is 13.5. The third kappa shape index (κ3) is 6.98. The lowest BCUT2D eigenvalue weighted by atomic mass is 9.97. The van der Waals surface area contributed by atoms with Gasteiger partial charge in [0.1, 0.15) is 0 Å². The number of benzene rings is 2. The number of amides is 1. The summed E-state index contributed by atoms with van der Waals surface area (Å²) in [4.78, 5) is 12.8. The molecule has 1 amide bonds. The van der Waals surface area contributed by atoms with Crippen LogP contribution in [0.15, 0.2) is 53.4 Å². The molecule has 0 aliphatic rings. The fourth-order valence-corrected chi connectivity index (χ4v) is 4.59. The second-order valence-electron chi connectivity index (χ2n) is 8.68. The molecule has 0 radical (unpaired) electrons. The molecule has 0 aromatic heterocycles. The van der Waals surface area contributed by atoms with Gasteiger partial charge in [0.15, 0.2) is 0 Å².